The quantitative estimate of drug-likeness (QED) is 0.945. The highest BCUT2D eigenvalue weighted by atomic mass is 32.2. The van der Waals surface area contributed by atoms with Gasteiger partial charge in [-0.2, -0.15) is 0 Å². The van der Waals surface area contributed by atoms with Gasteiger partial charge >= 0.3 is 0 Å². The molecule has 1 heterocycles. The van der Waals surface area contributed by atoms with E-state index in [1.54, 1.807) is 0 Å². The van der Waals surface area contributed by atoms with Gasteiger partial charge in [0, 0.05) is 6.07 Å². The van der Waals surface area contributed by atoms with Gasteiger partial charge in [-0.1, -0.05) is 6.07 Å². The van der Waals surface area contributed by atoms with E-state index >= 15 is 0 Å². The summed E-state index contributed by atoms with van der Waals surface area (Å²) < 4.78 is 63.6. The number of ether oxygens (including phenoxy) is 2. The first kappa shape index (κ1) is 13.6. The Balaban J connectivity index is 1.97. The van der Waals surface area contributed by atoms with E-state index in [-0.39, 0.29) is 12.5 Å². The molecule has 110 valence electrons. The van der Waals surface area contributed by atoms with Crippen molar-refractivity contribution in [3.05, 3.63) is 48.0 Å². The van der Waals surface area contributed by atoms with Crippen molar-refractivity contribution in [1.29, 1.82) is 0 Å². The zero-order valence-corrected chi connectivity index (χ0v) is 11.3. The third kappa shape index (κ3) is 2.49. The van der Waals surface area contributed by atoms with Crippen molar-refractivity contribution < 1.29 is 26.7 Å². The Labute approximate surface area is 119 Å². The summed E-state index contributed by atoms with van der Waals surface area (Å²) in [7, 11) is -4.39. The minimum atomic E-state index is -4.39. The first-order valence-corrected chi connectivity index (χ1v) is 7.32. The maximum Gasteiger partial charge on any atom is 0.267 e. The topological polar surface area (TPSA) is 64.6 Å². The number of anilines is 1. The Kier molecular flexibility index (Phi) is 3.17. The van der Waals surface area contributed by atoms with Crippen LogP contribution in [-0.2, 0) is 10.0 Å². The molecule has 2 aromatic rings. The molecule has 21 heavy (non-hydrogen) atoms. The van der Waals surface area contributed by atoms with E-state index in [9.17, 15) is 17.2 Å². The van der Waals surface area contributed by atoms with Gasteiger partial charge in [0.05, 0.1) is 5.69 Å². The third-order valence-electron chi connectivity index (χ3n) is 2.81. The first-order chi connectivity index (χ1) is 9.97. The average molecular weight is 313 g/mol. The maximum absolute atomic E-state index is 13.6. The summed E-state index contributed by atoms with van der Waals surface area (Å²) in [4.78, 5) is -1.03. The number of rotatable bonds is 3. The van der Waals surface area contributed by atoms with Crippen molar-refractivity contribution in [2.24, 2.45) is 0 Å². The van der Waals surface area contributed by atoms with Gasteiger partial charge in [0.15, 0.2) is 16.4 Å². The Morgan fingerprint density at radius 2 is 1.67 bits per heavy atom. The van der Waals surface area contributed by atoms with Crippen LogP contribution in [0, 0.1) is 11.6 Å². The van der Waals surface area contributed by atoms with Crippen LogP contribution >= 0.6 is 0 Å². The molecule has 2 aromatic carbocycles. The van der Waals surface area contributed by atoms with E-state index in [2.05, 4.69) is 4.72 Å². The molecule has 0 atom stereocenters. The Morgan fingerprint density at radius 3 is 2.38 bits per heavy atom. The minimum Gasteiger partial charge on any atom is -0.454 e. The molecule has 0 fully saturated rings. The molecule has 1 aliphatic rings. The Hall–Kier alpha value is -2.35. The zero-order chi connectivity index (χ0) is 15.0. The standard InChI is InChI=1S/C13H9F2NO4S/c14-9-2-1-3-10(15)13(9)21(17,18)16-8-4-5-11-12(6-8)20-7-19-11/h1-6,16H,7H2. The summed E-state index contributed by atoms with van der Waals surface area (Å²) >= 11 is 0. The van der Waals surface area contributed by atoms with Crippen LogP contribution in [0.15, 0.2) is 41.3 Å². The van der Waals surface area contributed by atoms with Gasteiger partial charge in [0.2, 0.25) is 6.79 Å². The molecule has 0 saturated heterocycles. The lowest BCUT2D eigenvalue weighted by Crippen LogP contribution is -2.16. The molecule has 0 spiro atoms. The third-order valence-corrected chi connectivity index (χ3v) is 4.24. The summed E-state index contributed by atoms with van der Waals surface area (Å²) in [5, 5.41) is 0. The fourth-order valence-corrected chi connectivity index (χ4v) is 3.09. The number of halogens is 2. The summed E-state index contributed by atoms with van der Waals surface area (Å²) in [5.74, 6) is -1.51. The number of fused-ring (bicyclic) bond motifs is 1. The normalized spacial score (nSPS) is 13.2. The van der Waals surface area contributed by atoms with Crippen LogP contribution in [0.1, 0.15) is 0 Å². The van der Waals surface area contributed by atoms with Crippen molar-refractivity contribution in [3.8, 4) is 11.5 Å². The van der Waals surface area contributed by atoms with Gasteiger partial charge in [0.25, 0.3) is 10.0 Å². The molecule has 0 aliphatic carbocycles. The second-order valence-corrected chi connectivity index (χ2v) is 5.84. The molecule has 0 bridgehead atoms. The van der Waals surface area contributed by atoms with Gasteiger partial charge in [-0.3, -0.25) is 4.72 Å². The van der Waals surface area contributed by atoms with E-state index in [1.165, 1.54) is 18.2 Å². The lowest BCUT2D eigenvalue weighted by atomic mass is 10.3. The highest BCUT2D eigenvalue weighted by Gasteiger charge is 2.24. The Bertz CT molecular complexity index is 788. The fourth-order valence-electron chi connectivity index (χ4n) is 1.91. The second kappa shape index (κ2) is 4.88. The SMILES string of the molecule is O=S(=O)(Nc1ccc2c(c1)OCO2)c1c(F)cccc1F. The van der Waals surface area contributed by atoms with Crippen LogP contribution in [0.3, 0.4) is 0 Å². The summed E-state index contributed by atoms with van der Waals surface area (Å²) in [6.07, 6.45) is 0. The van der Waals surface area contributed by atoms with Crippen LogP contribution in [0.25, 0.3) is 0 Å². The summed E-state index contributed by atoms with van der Waals surface area (Å²) in [6, 6.07) is 7.11. The van der Waals surface area contributed by atoms with E-state index < -0.39 is 26.6 Å². The van der Waals surface area contributed by atoms with Crippen molar-refractivity contribution in [2.75, 3.05) is 11.5 Å². The summed E-state index contributed by atoms with van der Waals surface area (Å²) in [5.41, 5.74) is 0.113. The number of nitrogens with one attached hydrogen (secondary N) is 1. The molecule has 1 aliphatic heterocycles. The predicted molar refractivity (Wildman–Crippen MR) is 69.7 cm³/mol. The van der Waals surface area contributed by atoms with Crippen molar-refractivity contribution in [3.63, 3.8) is 0 Å². The fraction of sp³-hybridized carbons (Fsp3) is 0.0769. The average Bonchev–Trinajstić information content (AvgIpc) is 2.85. The molecule has 0 aromatic heterocycles. The van der Waals surface area contributed by atoms with Crippen LogP contribution in [-0.4, -0.2) is 15.2 Å². The van der Waals surface area contributed by atoms with Crippen LogP contribution in [0.4, 0.5) is 14.5 Å². The zero-order valence-electron chi connectivity index (χ0n) is 10.5. The summed E-state index contributed by atoms with van der Waals surface area (Å²) in [6.45, 7) is 0.0352. The highest BCUT2D eigenvalue weighted by molar-refractivity contribution is 7.92. The lowest BCUT2D eigenvalue weighted by molar-refractivity contribution is 0.174. The van der Waals surface area contributed by atoms with E-state index in [0.717, 1.165) is 18.2 Å². The van der Waals surface area contributed by atoms with Gasteiger partial charge in [-0.25, -0.2) is 17.2 Å². The molecule has 0 radical (unpaired) electrons. The number of sulfonamides is 1. The van der Waals surface area contributed by atoms with E-state index in [1.807, 2.05) is 0 Å². The van der Waals surface area contributed by atoms with Crippen LogP contribution in [0.2, 0.25) is 0 Å². The largest absolute Gasteiger partial charge is 0.454 e. The minimum absolute atomic E-state index is 0.0352. The molecule has 0 amide bonds. The van der Waals surface area contributed by atoms with Crippen molar-refractivity contribution in [2.45, 2.75) is 4.90 Å². The van der Waals surface area contributed by atoms with Gasteiger partial charge in [-0.15, -0.1) is 0 Å². The maximum atomic E-state index is 13.6. The smallest absolute Gasteiger partial charge is 0.267 e. The van der Waals surface area contributed by atoms with Gasteiger partial charge in [-0.05, 0) is 24.3 Å². The predicted octanol–water partition coefficient (Wildman–Crippen LogP) is 2.49. The number of benzene rings is 2. The van der Waals surface area contributed by atoms with Crippen LogP contribution in [0.5, 0.6) is 11.5 Å². The molecular formula is C13H9F2NO4S. The number of hydrogen-bond acceptors (Lipinski definition) is 4. The van der Waals surface area contributed by atoms with Crippen molar-refractivity contribution >= 4 is 15.7 Å². The monoisotopic (exact) mass is 313 g/mol. The van der Waals surface area contributed by atoms with E-state index in [0.29, 0.717) is 11.5 Å². The molecule has 3 rings (SSSR count). The Morgan fingerprint density at radius 1 is 1.00 bits per heavy atom. The molecule has 8 heteroatoms. The molecule has 0 unspecified atom stereocenters. The van der Waals surface area contributed by atoms with Gasteiger partial charge < -0.3 is 9.47 Å². The van der Waals surface area contributed by atoms with Gasteiger partial charge in [0.1, 0.15) is 11.6 Å². The van der Waals surface area contributed by atoms with Crippen LogP contribution < -0.4 is 14.2 Å². The molecule has 0 saturated carbocycles. The van der Waals surface area contributed by atoms with E-state index in [4.69, 9.17) is 9.47 Å². The molecular weight excluding hydrogens is 304 g/mol. The molecule has 1 N–H and O–H groups in total. The van der Waals surface area contributed by atoms with Crippen molar-refractivity contribution in [1.82, 2.24) is 0 Å². The number of hydrogen-bond donors (Lipinski definition) is 1. The molecule has 5 nitrogen and oxygen atoms in total. The highest BCUT2D eigenvalue weighted by Crippen LogP contribution is 2.35. The lowest BCUT2D eigenvalue weighted by Gasteiger charge is -2.10. The first-order valence-electron chi connectivity index (χ1n) is 5.84. The second-order valence-electron chi connectivity index (χ2n) is 4.22.